The van der Waals surface area contributed by atoms with Crippen molar-refractivity contribution in [3.63, 3.8) is 0 Å². The molecule has 0 spiro atoms. The summed E-state index contributed by atoms with van der Waals surface area (Å²) in [4.78, 5) is 2.30. The third-order valence-electron chi connectivity index (χ3n) is 4.16. The molecule has 1 heterocycles. The van der Waals surface area contributed by atoms with Crippen molar-refractivity contribution in [3.05, 3.63) is 0 Å². The predicted octanol–water partition coefficient (Wildman–Crippen LogP) is 2.86. The molecule has 120 valence electrons. The maximum Gasteiger partial charge on any atom is 0.0199 e. The standard InChI is InChI=1S/C17H37N3/c1-14(2)11-17(13-20(4)5)19-15(3)12-16-9-7-6-8-10-18-16/h14-19H,6-13H2,1-5H3. The SMILES string of the molecule is CC(C)CC(CN(C)C)NC(C)CC1CCCCCN1. The lowest BCUT2D eigenvalue weighted by Gasteiger charge is -2.29. The van der Waals surface area contributed by atoms with Crippen molar-refractivity contribution in [3.8, 4) is 0 Å². The Bertz CT molecular complexity index is 222. The van der Waals surface area contributed by atoms with E-state index in [1.807, 2.05) is 0 Å². The van der Waals surface area contributed by atoms with Crippen LogP contribution in [0.15, 0.2) is 0 Å². The minimum Gasteiger partial charge on any atom is -0.314 e. The number of nitrogens with one attached hydrogen (secondary N) is 2. The molecular formula is C17H37N3. The first-order chi connectivity index (χ1) is 9.47. The third kappa shape index (κ3) is 8.23. The predicted molar refractivity (Wildman–Crippen MR) is 89.3 cm³/mol. The molecule has 2 N–H and O–H groups in total. The summed E-state index contributed by atoms with van der Waals surface area (Å²) in [7, 11) is 4.35. The van der Waals surface area contributed by atoms with Gasteiger partial charge >= 0.3 is 0 Å². The number of hydrogen-bond donors (Lipinski definition) is 2. The zero-order valence-corrected chi connectivity index (χ0v) is 14.4. The zero-order chi connectivity index (χ0) is 15.0. The van der Waals surface area contributed by atoms with Gasteiger partial charge in [-0.15, -0.1) is 0 Å². The maximum atomic E-state index is 3.87. The molecule has 1 fully saturated rings. The summed E-state index contributed by atoms with van der Waals surface area (Å²) in [5.74, 6) is 0.760. The van der Waals surface area contributed by atoms with Gasteiger partial charge in [0.05, 0.1) is 0 Å². The van der Waals surface area contributed by atoms with Gasteiger partial charge in [-0.25, -0.2) is 0 Å². The van der Waals surface area contributed by atoms with E-state index >= 15 is 0 Å². The fourth-order valence-electron chi connectivity index (χ4n) is 3.40. The van der Waals surface area contributed by atoms with E-state index in [9.17, 15) is 0 Å². The lowest BCUT2D eigenvalue weighted by Crippen LogP contribution is -2.46. The third-order valence-corrected chi connectivity index (χ3v) is 4.16. The average Bonchev–Trinajstić information content (AvgIpc) is 2.55. The quantitative estimate of drug-likeness (QED) is 0.717. The van der Waals surface area contributed by atoms with Gasteiger partial charge in [-0.3, -0.25) is 0 Å². The molecular weight excluding hydrogens is 246 g/mol. The summed E-state index contributed by atoms with van der Waals surface area (Å²) in [6.45, 7) is 9.35. The molecule has 0 amide bonds. The van der Waals surface area contributed by atoms with E-state index in [1.165, 1.54) is 45.1 Å². The van der Waals surface area contributed by atoms with Crippen LogP contribution >= 0.6 is 0 Å². The van der Waals surface area contributed by atoms with E-state index in [0.717, 1.165) is 18.5 Å². The van der Waals surface area contributed by atoms with Crippen LogP contribution in [0.1, 0.15) is 59.3 Å². The Labute approximate surface area is 126 Å². The van der Waals surface area contributed by atoms with Crippen LogP contribution in [0.5, 0.6) is 0 Å². The molecule has 3 unspecified atom stereocenters. The topological polar surface area (TPSA) is 27.3 Å². The van der Waals surface area contributed by atoms with Gasteiger partial charge < -0.3 is 15.5 Å². The minimum absolute atomic E-state index is 0.606. The average molecular weight is 284 g/mol. The Morgan fingerprint density at radius 1 is 1.15 bits per heavy atom. The summed E-state index contributed by atoms with van der Waals surface area (Å²) >= 11 is 0. The molecule has 1 saturated heterocycles. The van der Waals surface area contributed by atoms with E-state index < -0.39 is 0 Å². The van der Waals surface area contributed by atoms with Gasteiger partial charge in [-0.2, -0.15) is 0 Å². The molecule has 20 heavy (non-hydrogen) atoms. The van der Waals surface area contributed by atoms with Crippen LogP contribution in [0.2, 0.25) is 0 Å². The fourth-order valence-corrected chi connectivity index (χ4v) is 3.40. The number of hydrogen-bond acceptors (Lipinski definition) is 3. The zero-order valence-electron chi connectivity index (χ0n) is 14.4. The molecule has 3 heteroatoms. The Morgan fingerprint density at radius 2 is 1.90 bits per heavy atom. The molecule has 0 aromatic heterocycles. The van der Waals surface area contributed by atoms with Gasteiger partial charge in [0.15, 0.2) is 0 Å². The molecule has 0 bridgehead atoms. The Hall–Kier alpha value is -0.120. The largest absolute Gasteiger partial charge is 0.314 e. The highest BCUT2D eigenvalue weighted by molar-refractivity contribution is 4.80. The highest BCUT2D eigenvalue weighted by Gasteiger charge is 2.18. The summed E-state index contributed by atoms with van der Waals surface area (Å²) in [6, 6.07) is 1.94. The van der Waals surface area contributed by atoms with Crippen molar-refractivity contribution in [2.75, 3.05) is 27.2 Å². The first kappa shape index (κ1) is 17.9. The normalized spacial score (nSPS) is 23.9. The van der Waals surface area contributed by atoms with Gasteiger partial charge in [0.1, 0.15) is 0 Å². The molecule has 0 radical (unpaired) electrons. The molecule has 3 atom stereocenters. The van der Waals surface area contributed by atoms with Crippen LogP contribution in [0.3, 0.4) is 0 Å². The summed E-state index contributed by atoms with van der Waals surface area (Å²) in [6.07, 6.45) is 8.05. The molecule has 0 saturated carbocycles. The number of likely N-dealkylation sites (N-methyl/N-ethyl adjacent to an activating group) is 1. The van der Waals surface area contributed by atoms with Crippen molar-refractivity contribution in [2.45, 2.75) is 77.4 Å². The van der Waals surface area contributed by atoms with Gasteiger partial charge in [-0.1, -0.05) is 26.7 Å². The fraction of sp³-hybridized carbons (Fsp3) is 1.00. The minimum atomic E-state index is 0.606. The van der Waals surface area contributed by atoms with E-state index in [2.05, 4.69) is 50.4 Å². The van der Waals surface area contributed by atoms with Crippen molar-refractivity contribution in [2.24, 2.45) is 5.92 Å². The molecule has 3 nitrogen and oxygen atoms in total. The van der Waals surface area contributed by atoms with Gasteiger partial charge in [-0.05, 0) is 59.2 Å². The molecule has 0 aromatic carbocycles. The highest BCUT2D eigenvalue weighted by atomic mass is 15.1. The monoisotopic (exact) mass is 283 g/mol. The Kier molecular flexibility index (Phi) is 8.74. The first-order valence-corrected chi connectivity index (χ1v) is 8.61. The van der Waals surface area contributed by atoms with Crippen LogP contribution < -0.4 is 10.6 Å². The molecule has 1 aliphatic rings. The summed E-state index contributed by atoms with van der Waals surface area (Å²) in [5.41, 5.74) is 0. The van der Waals surface area contributed by atoms with Crippen LogP contribution in [-0.4, -0.2) is 50.2 Å². The Balaban J connectivity index is 2.36. The maximum absolute atomic E-state index is 3.87. The highest BCUT2D eigenvalue weighted by Crippen LogP contribution is 2.14. The van der Waals surface area contributed by atoms with Crippen LogP contribution in [0.25, 0.3) is 0 Å². The van der Waals surface area contributed by atoms with E-state index in [-0.39, 0.29) is 0 Å². The molecule has 1 aliphatic heterocycles. The smallest absolute Gasteiger partial charge is 0.0199 e. The van der Waals surface area contributed by atoms with Crippen molar-refractivity contribution in [1.82, 2.24) is 15.5 Å². The number of nitrogens with zero attached hydrogens (tertiary/aromatic N) is 1. The van der Waals surface area contributed by atoms with Crippen LogP contribution in [0, 0.1) is 5.92 Å². The second-order valence-electron chi connectivity index (χ2n) is 7.39. The lowest BCUT2D eigenvalue weighted by atomic mass is 9.99. The molecule has 0 aromatic rings. The lowest BCUT2D eigenvalue weighted by molar-refractivity contribution is 0.276. The van der Waals surface area contributed by atoms with Crippen molar-refractivity contribution < 1.29 is 0 Å². The second kappa shape index (κ2) is 9.75. The Morgan fingerprint density at radius 3 is 2.55 bits per heavy atom. The molecule has 0 aliphatic carbocycles. The summed E-state index contributed by atoms with van der Waals surface area (Å²) in [5, 5.41) is 7.58. The second-order valence-corrected chi connectivity index (χ2v) is 7.39. The molecule has 1 rings (SSSR count). The van der Waals surface area contributed by atoms with E-state index in [1.54, 1.807) is 0 Å². The van der Waals surface area contributed by atoms with Gasteiger partial charge in [0.25, 0.3) is 0 Å². The van der Waals surface area contributed by atoms with E-state index in [4.69, 9.17) is 0 Å². The number of rotatable bonds is 8. The summed E-state index contributed by atoms with van der Waals surface area (Å²) < 4.78 is 0. The van der Waals surface area contributed by atoms with E-state index in [0.29, 0.717) is 12.1 Å². The van der Waals surface area contributed by atoms with Gasteiger partial charge in [0, 0.05) is 24.7 Å². The van der Waals surface area contributed by atoms with Crippen LogP contribution in [-0.2, 0) is 0 Å². The van der Waals surface area contributed by atoms with Crippen molar-refractivity contribution >= 4 is 0 Å². The van der Waals surface area contributed by atoms with Crippen LogP contribution in [0.4, 0.5) is 0 Å². The van der Waals surface area contributed by atoms with Gasteiger partial charge in [0.2, 0.25) is 0 Å². The first-order valence-electron chi connectivity index (χ1n) is 8.61. The van der Waals surface area contributed by atoms with Crippen molar-refractivity contribution in [1.29, 1.82) is 0 Å².